The molecule has 0 saturated carbocycles. The minimum absolute atomic E-state index is 0.806. The highest BCUT2D eigenvalue weighted by molar-refractivity contribution is 5.84. The van der Waals surface area contributed by atoms with Crippen LogP contribution in [0, 0.1) is 13.8 Å². The molecule has 0 heterocycles. The van der Waals surface area contributed by atoms with Gasteiger partial charge in [-0.25, -0.2) is 0 Å². The van der Waals surface area contributed by atoms with Gasteiger partial charge in [0.15, 0.2) is 0 Å². The third kappa shape index (κ3) is 1.80. The molecule has 0 unspecified atom stereocenters. The summed E-state index contributed by atoms with van der Waals surface area (Å²) >= 11 is 0. The Morgan fingerprint density at radius 3 is 2.62 bits per heavy atom. The summed E-state index contributed by atoms with van der Waals surface area (Å²) in [7, 11) is 1.62. The number of benzene rings is 1. The van der Waals surface area contributed by atoms with Crippen LogP contribution in [0.3, 0.4) is 0 Å². The fourth-order valence-corrected chi connectivity index (χ4v) is 1.32. The van der Waals surface area contributed by atoms with E-state index in [-0.39, 0.29) is 0 Å². The highest BCUT2D eigenvalue weighted by atomic mass is 16.5. The van der Waals surface area contributed by atoms with Crippen LogP contribution in [0.25, 0.3) is 0 Å². The van der Waals surface area contributed by atoms with Crippen LogP contribution >= 0.6 is 0 Å². The molecule has 0 fully saturated rings. The Hall–Kier alpha value is -1.51. The third-order valence-corrected chi connectivity index (χ3v) is 2.09. The van der Waals surface area contributed by atoms with Gasteiger partial charge in [-0.05, 0) is 25.5 Å². The van der Waals surface area contributed by atoms with Gasteiger partial charge in [0.25, 0.3) is 0 Å². The van der Waals surface area contributed by atoms with Crippen molar-refractivity contribution in [3.63, 3.8) is 0 Å². The number of methoxy groups -OCH3 is 1. The van der Waals surface area contributed by atoms with Crippen molar-refractivity contribution in [3.8, 4) is 5.75 Å². The summed E-state index contributed by atoms with van der Waals surface area (Å²) in [5.74, 6) is 0.806. The number of aryl methyl sites for hydroxylation is 1. The van der Waals surface area contributed by atoms with Crippen LogP contribution in [0.5, 0.6) is 5.75 Å². The topological polar surface area (TPSA) is 41.8 Å². The van der Waals surface area contributed by atoms with Crippen LogP contribution in [0.1, 0.15) is 16.7 Å². The molecule has 1 aromatic rings. The molecule has 70 valence electrons. The summed E-state index contributed by atoms with van der Waals surface area (Å²) in [5.41, 5.74) is 2.96. The van der Waals surface area contributed by atoms with E-state index >= 15 is 0 Å². The maximum atomic E-state index is 8.46. The normalized spacial score (nSPS) is 10.7. The van der Waals surface area contributed by atoms with Gasteiger partial charge in [0, 0.05) is 11.1 Å². The van der Waals surface area contributed by atoms with E-state index in [1.807, 2.05) is 26.0 Å². The SMILES string of the molecule is COc1ccc(C)c(/C=N/O)c1C. The monoisotopic (exact) mass is 179 g/mol. The largest absolute Gasteiger partial charge is 0.496 e. The molecule has 3 nitrogen and oxygen atoms in total. The van der Waals surface area contributed by atoms with Crippen molar-refractivity contribution < 1.29 is 9.94 Å². The van der Waals surface area contributed by atoms with Crippen LogP contribution in [-0.4, -0.2) is 18.5 Å². The maximum absolute atomic E-state index is 8.46. The van der Waals surface area contributed by atoms with Crippen molar-refractivity contribution in [2.24, 2.45) is 5.16 Å². The molecule has 0 aliphatic carbocycles. The number of hydrogen-bond acceptors (Lipinski definition) is 3. The molecule has 1 aromatic carbocycles. The summed E-state index contributed by atoms with van der Waals surface area (Å²) in [4.78, 5) is 0. The van der Waals surface area contributed by atoms with Crippen LogP contribution in [0.4, 0.5) is 0 Å². The Morgan fingerprint density at radius 1 is 1.38 bits per heavy atom. The Bertz CT molecular complexity index is 332. The maximum Gasteiger partial charge on any atom is 0.122 e. The molecule has 0 spiro atoms. The zero-order chi connectivity index (χ0) is 9.84. The van der Waals surface area contributed by atoms with Gasteiger partial charge in [-0.1, -0.05) is 11.2 Å². The first-order valence-electron chi connectivity index (χ1n) is 4.02. The van der Waals surface area contributed by atoms with Crippen molar-refractivity contribution in [3.05, 3.63) is 28.8 Å². The Kier molecular flexibility index (Phi) is 2.90. The number of nitrogens with zero attached hydrogens (tertiary/aromatic N) is 1. The van der Waals surface area contributed by atoms with E-state index in [4.69, 9.17) is 9.94 Å². The molecular formula is C10H13NO2. The molecule has 0 aromatic heterocycles. The van der Waals surface area contributed by atoms with Gasteiger partial charge >= 0.3 is 0 Å². The second-order valence-electron chi connectivity index (χ2n) is 2.87. The van der Waals surface area contributed by atoms with Crippen molar-refractivity contribution in [1.82, 2.24) is 0 Å². The van der Waals surface area contributed by atoms with Crippen LogP contribution in [0.2, 0.25) is 0 Å². The standard InChI is InChI=1S/C10H13NO2/c1-7-4-5-10(13-3)8(2)9(7)6-11-12/h4-6,12H,1-3H3/b11-6+. The van der Waals surface area contributed by atoms with E-state index < -0.39 is 0 Å². The predicted octanol–water partition coefficient (Wildman–Crippen LogP) is 2.12. The van der Waals surface area contributed by atoms with Gasteiger partial charge in [0.2, 0.25) is 0 Å². The van der Waals surface area contributed by atoms with Gasteiger partial charge in [-0.3, -0.25) is 0 Å². The summed E-state index contributed by atoms with van der Waals surface area (Å²) in [6.07, 6.45) is 1.42. The first-order valence-corrected chi connectivity index (χ1v) is 4.02. The molecule has 0 aliphatic heterocycles. The Morgan fingerprint density at radius 2 is 2.08 bits per heavy atom. The molecular weight excluding hydrogens is 166 g/mol. The zero-order valence-corrected chi connectivity index (χ0v) is 8.03. The highest BCUT2D eigenvalue weighted by Gasteiger charge is 2.05. The average Bonchev–Trinajstić information content (AvgIpc) is 2.12. The second-order valence-corrected chi connectivity index (χ2v) is 2.87. The van der Waals surface area contributed by atoms with E-state index in [0.29, 0.717) is 0 Å². The molecule has 0 bridgehead atoms. The van der Waals surface area contributed by atoms with Gasteiger partial charge in [0.05, 0.1) is 13.3 Å². The molecule has 1 N–H and O–H groups in total. The lowest BCUT2D eigenvalue weighted by Gasteiger charge is -2.09. The summed E-state index contributed by atoms with van der Waals surface area (Å²) in [6.45, 7) is 3.90. The second kappa shape index (κ2) is 3.94. The lowest BCUT2D eigenvalue weighted by Crippen LogP contribution is -1.95. The Balaban J connectivity index is 3.29. The number of rotatable bonds is 2. The van der Waals surface area contributed by atoms with Crippen molar-refractivity contribution in [2.75, 3.05) is 7.11 Å². The summed E-state index contributed by atoms with van der Waals surface area (Å²) in [5, 5.41) is 11.5. The molecule has 3 heteroatoms. The first-order chi connectivity index (χ1) is 6.20. The van der Waals surface area contributed by atoms with Crippen LogP contribution in [0.15, 0.2) is 17.3 Å². The third-order valence-electron chi connectivity index (χ3n) is 2.09. The fraction of sp³-hybridized carbons (Fsp3) is 0.300. The molecule has 0 aliphatic rings. The van der Waals surface area contributed by atoms with Crippen LogP contribution in [-0.2, 0) is 0 Å². The van der Waals surface area contributed by atoms with Gasteiger partial charge in [-0.2, -0.15) is 0 Å². The molecule has 0 atom stereocenters. The van der Waals surface area contributed by atoms with E-state index in [0.717, 1.165) is 22.4 Å². The fourth-order valence-electron chi connectivity index (χ4n) is 1.32. The lowest BCUT2D eigenvalue weighted by atomic mass is 10.0. The smallest absolute Gasteiger partial charge is 0.122 e. The quantitative estimate of drug-likeness (QED) is 0.429. The summed E-state index contributed by atoms with van der Waals surface area (Å²) < 4.78 is 5.14. The molecule has 0 saturated heterocycles. The van der Waals surface area contributed by atoms with Gasteiger partial charge < -0.3 is 9.94 Å². The van der Waals surface area contributed by atoms with Crippen molar-refractivity contribution in [2.45, 2.75) is 13.8 Å². The number of ether oxygens (including phenoxy) is 1. The van der Waals surface area contributed by atoms with E-state index in [1.165, 1.54) is 6.21 Å². The van der Waals surface area contributed by atoms with Crippen molar-refractivity contribution >= 4 is 6.21 Å². The molecule has 13 heavy (non-hydrogen) atoms. The first kappa shape index (κ1) is 9.58. The molecule has 1 rings (SSSR count). The minimum Gasteiger partial charge on any atom is -0.496 e. The predicted molar refractivity (Wildman–Crippen MR) is 51.8 cm³/mol. The minimum atomic E-state index is 0.806. The molecule has 0 radical (unpaired) electrons. The molecule has 0 amide bonds. The van der Waals surface area contributed by atoms with E-state index in [1.54, 1.807) is 7.11 Å². The number of hydrogen-bond donors (Lipinski definition) is 1. The Labute approximate surface area is 77.6 Å². The number of oxime groups is 1. The average molecular weight is 179 g/mol. The zero-order valence-electron chi connectivity index (χ0n) is 8.03. The summed E-state index contributed by atoms with van der Waals surface area (Å²) in [6, 6.07) is 3.84. The van der Waals surface area contributed by atoms with E-state index in [2.05, 4.69) is 5.16 Å². The van der Waals surface area contributed by atoms with Gasteiger partial charge in [0.1, 0.15) is 5.75 Å². The highest BCUT2D eigenvalue weighted by Crippen LogP contribution is 2.22. The van der Waals surface area contributed by atoms with Crippen LogP contribution < -0.4 is 4.74 Å². The van der Waals surface area contributed by atoms with Gasteiger partial charge in [-0.15, -0.1) is 0 Å². The van der Waals surface area contributed by atoms with E-state index in [9.17, 15) is 0 Å². The lowest BCUT2D eigenvalue weighted by molar-refractivity contribution is 0.321. The van der Waals surface area contributed by atoms with Crippen molar-refractivity contribution in [1.29, 1.82) is 0 Å².